The van der Waals surface area contributed by atoms with Crippen molar-refractivity contribution in [3.63, 3.8) is 0 Å². The number of hydrogen-bond donors (Lipinski definition) is 0. The summed E-state index contributed by atoms with van der Waals surface area (Å²) < 4.78 is 1.43. The molecule has 3 rings (SSSR count). The number of nitrogens with zero attached hydrogens (tertiary/aromatic N) is 5. The Morgan fingerprint density at radius 3 is 2.93 bits per heavy atom. The normalized spacial score (nSPS) is 11.3. The molecule has 0 spiro atoms. The first kappa shape index (κ1) is 8.82. The smallest absolute Gasteiger partial charge is 0.227 e. The van der Waals surface area contributed by atoms with Crippen LogP contribution in [0, 0.1) is 0 Å². The number of fused-ring (bicyclic) bond motifs is 3. The van der Waals surface area contributed by atoms with Crippen molar-refractivity contribution in [2.24, 2.45) is 0 Å². The summed E-state index contributed by atoms with van der Waals surface area (Å²) in [4.78, 5) is 12.2. The minimum atomic E-state index is 0.227. The molecule has 0 atom stereocenters. The van der Waals surface area contributed by atoms with Crippen molar-refractivity contribution in [3.05, 3.63) is 28.9 Å². The van der Waals surface area contributed by atoms with Crippen LogP contribution in [-0.4, -0.2) is 24.6 Å². The van der Waals surface area contributed by atoms with Crippen LogP contribution in [0.1, 0.15) is 0 Å². The molecule has 0 radical (unpaired) electrons. The molecule has 0 aliphatic rings. The van der Waals surface area contributed by atoms with Crippen LogP contribution in [0.4, 0.5) is 0 Å². The Morgan fingerprint density at radius 1 is 1.20 bits per heavy atom. The molecule has 0 N–H and O–H groups in total. The van der Waals surface area contributed by atoms with Gasteiger partial charge in [-0.05, 0) is 17.7 Å². The van der Waals surface area contributed by atoms with E-state index in [0.717, 1.165) is 5.39 Å². The molecule has 74 valence electrons. The number of hydrogen-bond acceptors (Lipinski definition) is 4. The molecule has 0 saturated carbocycles. The highest BCUT2D eigenvalue weighted by molar-refractivity contribution is 6.31. The van der Waals surface area contributed by atoms with Gasteiger partial charge in [0.1, 0.15) is 6.33 Å². The van der Waals surface area contributed by atoms with E-state index in [-0.39, 0.29) is 5.28 Å². The molecule has 0 amide bonds. The molecule has 7 heteroatoms. The van der Waals surface area contributed by atoms with Crippen LogP contribution in [0.3, 0.4) is 0 Å². The molecule has 15 heavy (non-hydrogen) atoms. The highest BCUT2D eigenvalue weighted by atomic mass is 35.5. The minimum absolute atomic E-state index is 0.227. The second-order valence-corrected chi connectivity index (χ2v) is 3.68. The summed E-state index contributed by atoms with van der Waals surface area (Å²) >= 11 is 11.7. The van der Waals surface area contributed by atoms with E-state index in [1.165, 1.54) is 17.0 Å². The fourth-order valence-corrected chi connectivity index (χ4v) is 1.74. The summed E-state index contributed by atoms with van der Waals surface area (Å²) in [6.45, 7) is 0. The van der Waals surface area contributed by atoms with E-state index in [0.29, 0.717) is 16.3 Å². The van der Waals surface area contributed by atoms with Gasteiger partial charge in [-0.3, -0.25) is 0 Å². The molecule has 0 aromatic carbocycles. The Kier molecular flexibility index (Phi) is 1.77. The molecule has 0 fully saturated rings. The van der Waals surface area contributed by atoms with Crippen molar-refractivity contribution in [1.82, 2.24) is 24.6 Å². The first-order valence-electron chi connectivity index (χ1n) is 4.06. The zero-order valence-electron chi connectivity index (χ0n) is 7.22. The van der Waals surface area contributed by atoms with Gasteiger partial charge in [0.15, 0.2) is 11.3 Å². The number of halogens is 2. The Hall–Kier alpha value is -1.46. The topological polar surface area (TPSA) is 56.0 Å². The lowest BCUT2D eigenvalue weighted by atomic mass is 10.3. The number of aromatic nitrogens is 5. The van der Waals surface area contributed by atoms with Gasteiger partial charge in [0.05, 0.1) is 10.4 Å². The average Bonchev–Trinajstić information content (AvgIpc) is 2.69. The van der Waals surface area contributed by atoms with Crippen LogP contribution in [0.2, 0.25) is 10.3 Å². The summed E-state index contributed by atoms with van der Waals surface area (Å²) in [6.07, 6.45) is 2.92. The van der Waals surface area contributed by atoms with E-state index in [2.05, 4.69) is 20.1 Å². The molecule has 0 aliphatic heterocycles. The summed E-state index contributed by atoms with van der Waals surface area (Å²) in [7, 11) is 0. The first-order chi connectivity index (χ1) is 7.25. The maximum Gasteiger partial charge on any atom is 0.227 e. The average molecular weight is 240 g/mol. The van der Waals surface area contributed by atoms with Crippen LogP contribution < -0.4 is 0 Å². The Labute approximate surface area is 93.7 Å². The van der Waals surface area contributed by atoms with Crippen molar-refractivity contribution in [1.29, 1.82) is 0 Å². The fraction of sp³-hybridized carbons (Fsp3) is 0. The zero-order valence-corrected chi connectivity index (χ0v) is 8.74. The monoisotopic (exact) mass is 239 g/mol. The van der Waals surface area contributed by atoms with Crippen LogP contribution in [0.25, 0.3) is 16.7 Å². The SMILES string of the molecule is Clc1cnc2nc(Cl)n3ncnc3c2c1. The highest BCUT2D eigenvalue weighted by Crippen LogP contribution is 2.21. The van der Waals surface area contributed by atoms with Gasteiger partial charge in [0.2, 0.25) is 5.28 Å². The van der Waals surface area contributed by atoms with Gasteiger partial charge < -0.3 is 0 Å². The summed E-state index contributed by atoms with van der Waals surface area (Å²) in [5, 5.41) is 5.42. The molecule has 5 nitrogen and oxygen atoms in total. The van der Waals surface area contributed by atoms with Gasteiger partial charge >= 0.3 is 0 Å². The minimum Gasteiger partial charge on any atom is -0.235 e. The molecule has 3 aromatic heterocycles. The first-order valence-corrected chi connectivity index (χ1v) is 4.82. The van der Waals surface area contributed by atoms with Crippen LogP contribution in [0.5, 0.6) is 0 Å². The van der Waals surface area contributed by atoms with E-state index in [4.69, 9.17) is 23.2 Å². The maximum atomic E-state index is 5.89. The standard InChI is InChI=1S/C8H3Cl2N5/c9-4-1-5-6(11-2-4)14-8(10)15-7(5)12-3-13-15/h1-3H. The lowest BCUT2D eigenvalue weighted by molar-refractivity contribution is 0.931. The van der Waals surface area contributed by atoms with E-state index in [1.807, 2.05) is 0 Å². The van der Waals surface area contributed by atoms with E-state index < -0.39 is 0 Å². The molecular formula is C8H3Cl2N5. The van der Waals surface area contributed by atoms with Gasteiger partial charge in [0.25, 0.3) is 0 Å². The quantitative estimate of drug-likeness (QED) is 0.563. The van der Waals surface area contributed by atoms with E-state index >= 15 is 0 Å². The molecule has 0 saturated heterocycles. The van der Waals surface area contributed by atoms with Crippen molar-refractivity contribution >= 4 is 39.9 Å². The Morgan fingerprint density at radius 2 is 2.07 bits per heavy atom. The van der Waals surface area contributed by atoms with Crippen molar-refractivity contribution in [2.75, 3.05) is 0 Å². The Balaban J connectivity index is 2.61. The van der Waals surface area contributed by atoms with Crippen molar-refractivity contribution in [2.45, 2.75) is 0 Å². The third-order valence-electron chi connectivity index (χ3n) is 1.99. The van der Waals surface area contributed by atoms with Gasteiger partial charge in [-0.25, -0.2) is 9.97 Å². The van der Waals surface area contributed by atoms with E-state index in [1.54, 1.807) is 6.07 Å². The predicted molar refractivity (Wildman–Crippen MR) is 56.1 cm³/mol. The van der Waals surface area contributed by atoms with Gasteiger partial charge in [-0.1, -0.05) is 11.6 Å². The summed E-state index contributed by atoms with van der Waals surface area (Å²) in [5.41, 5.74) is 1.10. The van der Waals surface area contributed by atoms with E-state index in [9.17, 15) is 0 Å². The maximum absolute atomic E-state index is 5.89. The van der Waals surface area contributed by atoms with Gasteiger partial charge in [-0.2, -0.15) is 14.6 Å². The van der Waals surface area contributed by atoms with Crippen LogP contribution in [0.15, 0.2) is 18.6 Å². The van der Waals surface area contributed by atoms with Gasteiger partial charge in [0, 0.05) is 6.20 Å². The summed E-state index contributed by atoms with van der Waals surface area (Å²) in [5.74, 6) is 0. The highest BCUT2D eigenvalue weighted by Gasteiger charge is 2.09. The lowest BCUT2D eigenvalue weighted by Gasteiger charge is -2.00. The number of rotatable bonds is 0. The van der Waals surface area contributed by atoms with Crippen molar-refractivity contribution in [3.8, 4) is 0 Å². The second kappa shape index (κ2) is 3.01. The van der Waals surface area contributed by atoms with Gasteiger partial charge in [-0.15, -0.1) is 0 Å². The lowest BCUT2D eigenvalue weighted by Crippen LogP contribution is -1.96. The molecular weight excluding hydrogens is 237 g/mol. The van der Waals surface area contributed by atoms with Crippen LogP contribution >= 0.6 is 23.2 Å². The number of pyridine rings is 1. The molecule has 3 aromatic rings. The summed E-state index contributed by atoms with van der Waals surface area (Å²) in [6, 6.07) is 1.73. The largest absolute Gasteiger partial charge is 0.235 e. The van der Waals surface area contributed by atoms with Crippen LogP contribution in [-0.2, 0) is 0 Å². The second-order valence-electron chi connectivity index (χ2n) is 2.90. The molecule has 0 unspecified atom stereocenters. The van der Waals surface area contributed by atoms with Crippen molar-refractivity contribution < 1.29 is 0 Å². The Bertz CT molecular complexity index is 662. The molecule has 0 bridgehead atoms. The predicted octanol–water partition coefficient (Wildman–Crippen LogP) is 1.98. The molecule has 3 heterocycles. The third kappa shape index (κ3) is 1.24. The fourth-order valence-electron chi connectivity index (χ4n) is 1.38. The zero-order chi connectivity index (χ0) is 10.4. The molecule has 0 aliphatic carbocycles. The third-order valence-corrected chi connectivity index (χ3v) is 2.45.